The fourth-order valence-electron chi connectivity index (χ4n) is 1.71. The van der Waals surface area contributed by atoms with Crippen LogP contribution in [-0.2, 0) is 6.42 Å². The summed E-state index contributed by atoms with van der Waals surface area (Å²) in [7, 11) is 0. The highest BCUT2D eigenvalue weighted by Crippen LogP contribution is 2.13. The maximum absolute atomic E-state index is 13.4. The van der Waals surface area contributed by atoms with E-state index in [-0.39, 0.29) is 11.6 Å². The monoisotopic (exact) mass is 259 g/mol. The summed E-state index contributed by atoms with van der Waals surface area (Å²) in [6.45, 7) is 0.518. The number of halogens is 1. The van der Waals surface area contributed by atoms with Gasteiger partial charge >= 0.3 is 0 Å². The summed E-state index contributed by atoms with van der Waals surface area (Å²) < 4.78 is 13.4. The number of aromatic nitrogens is 1. The number of amides is 1. The number of carbonyl (C=O) groups excluding carboxylic acids is 1. The molecule has 0 atom stereocenters. The normalized spacial score (nSPS) is 10.2. The van der Waals surface area contributed by atoms with Crippen molar-refractivity contribution >= 4 is 11.6 Å². The zero-order valence-corrected chi connectivity index (χ0v) is 10.3. The van der Waals surface area contributed by atoms with Crippen molar-refractivity contribution in [2.45, 2.75) is 6.42 Å². The largest absolute Gasteiger partial charge is 0.330 e. The summed E-state index contributed by atoms with van der Waals surface area (Å²) in [6.07, 6.45) is 3.18. The molecule has 0 fully saturated rings. The second-order valence-corrected chi connectivity index (χ2v) is 4.05. The molecule has 0 aliphatic heterocycles. The average Bonchev–Trinajstić information content (AvgIpc) is 2.42. The van der Waals surface area contributed by atoms with Crippen LogP contribution in [0.4, 0.5) is 10.1 Å². The van der Waals surface area contributed by atoms with Crippen molar-refractivity contribution in [3.05, 3.63) is 59.7 Å². The Bertz CT molecular complexity index is 586. The van der Waals surface area contributed by atoms with Crippen LogP contribution in [0.2, 0.25) is 0 Å². The van der Waals surface area contributed by atoms with Crippen molar-refractivity contribution in [3.8, 4) is 0 Å². The lowest BCUT2D eigenvalue weighted by molar-refractivity contribution is 0.102. The minimum atomic E-state index is -0.561. The Kier molecular flexibility index (Phi) is 4.20. The van der Waals surface area contributed by atoms with Gasteiger partial charge in [-0.3, -0.25) is 9.78 Å². The van der Waals surface area contributed by atoms with Gasteiger partial charge in [0.2, 0.25) is 0 Å². The molecule has 1 amide bonds. The average molecular weight is 259 g/mol. The lowest BCUT2D eigenvalue weighted by Gasteiger charge is -2.07. The molecule has 0 bridgehead atoms. The van der Waals surface area contributed by atoms with E-state index in [0.29, 0.717) is 18.5 Å². The van der Waals surface area contributed by atoms with Gasteiger partial charge < -0.3 is 11.1 Å². The van der Waals surface area contributed by atoms with Gasteiger partial charge in [0.25, 0.3) is 5.91 Å². The van der Waals surface area contributed by atoms with E-state index in [0.717, 1.165) is 11.8 Å². The summed E-state index contributed by atoms with van der Waals surface area (Å²) >= 11 is 0. The quantitative estimate of drug-likeness (QED) is 0.882. The Morgan fingerprint density at radius 1 is 1.37 bits per heavy atom. The number of nitrogens with one attached hydrogen (secondary N) is 1. The molecule has 0 spiro atoms. The van der Waals surface area contributed by atoms with Gasteiger partial charge in [-0.15, -0.1) is 0 Å². The Hall–Kier alpha value is -2.27. The second-order valence-electron chi connectivity index (χ2n) is 4.05. The Morgan fingerprint density at radius 2 is 2.21 bits per heavy atom. The number of hydrogen-bond acceptors (Lipinski definition) is 3. The van der Waals surface area contributed by atoms with Gasteiger partial charge in [0.1, 0.15) is 0 Å². The Morgan fingerprint density at radius 3 is 2.95 bits per heavy atom. The summed E-state index contributed by atoms with van der Waals surface area (Å²) in [6, 6.07) is 8.52. The Balaban J connectivity index is 2.16. The van der Waals surface area contributed by atoms with Crippen LogP contribution in [0.3, 0.4) is 0 Å². The van der Waals surface area contributed by atoms with Crippen LogP contribution < -0.4 is 11.1 Å². The number of nitrogens with two attached hydrogens (primary N) is 1. The van der Waals surface area contributed by atoms with Gasteiger partial charge in [-0.1, -0.05) is 12.1 Å². The molecule has 2 aromatic rings. The van der Waals surface area contributed by atoms with Crippen LogP contribution in [0.1, 0.15) is 15.9 Å². The van der Waals surface area contributed by atoms with Crippen LogP contribution in [0.5, 0.6) is 0 Å². The minimum Gasteiger partial charge on any atom is -0.330 e. The van der Waals surface area contributed by atoms with Crippen LogP contribution in [0, 0.1) is 5.82 Å². The molecule has 98 valence electrons. The Labute approximate surface area is 110 Å². The predicted octanol–water partition coefficient (Wildman–Crippen LogP) is 1.97. The van der Waals surface area contributed by atoms with Crippen molar-refractivity contribution in [2.24, 2.45) is 5.73 Å². The molecule has 0 saturated carbocycles. The molecule has 19 heavy (non-hydrogen) atoms. The van der Waals surface area contributed by atoms with E-state index in [1.807, 2.05) is 6.07 Å². The molecule has 0 saturated heterocycles. The third kappa shape index (κ3) is 3.35. The molecule has 5 heteroatoms. The molecule has 3 N–H and O–H groups in total. The fraction of sp³-hybridized carbons (Fsp3) is 0.143. The van der Waals surface area contributed by atoms with E-state index in [2.05, 4.69) is 10.3 Å². The molecule has 0 radical (unpaired) electrons. The lowest BCUT2D eigenvalue weighted by Crippen LogP contribution is -2.13. The molecule has 1 heterocycles. The molecule has 2 rings (SSSR count). The van der Waals surface area contributed by atoms with E-state index in [1.165, 1.54) is 12.3 Å². The highest BCUT2D eigenvalue weighted by atomic mass is 19.1. The standard InChI is InChI=1S/C14H14FN3O/c15-12-9-17-7-5-13(12)18-14(19)11-3-1-2-10(8-11)4-6-16/h1-3,5,7-9H,4,6,16H2,(H,17,18,19). The molecular weight excluding hydrogens is 245 g/mol. The first-order valence-electron chi connectivity index (χ1n) is 5.90. The predicted molar refractivity (Wildman–Crippen MR) is 71.3 cm³/mol. The van der Waals surface area contributed by atoms with Crippen molar-refractivity contribution in [1.29, 1.82) is 0 Å². The van der Waals surface area contributed by atoms with Gasteiger partial charge in [0.05, 0.1) is 11.9 Å². The van der Waals surface area contributed by atoms with Crippen molar-refractivity contribution in [2.75, 3.05) is 11.9 Å². The number of rotatable bonds is 4. The second kappa shape index (κ2) is 6.06. The summed E-state index contributed by atoms with van der Waals surface area (Å²) in [5, 5.41) is 2.51. The number of hydrogen-bond donors (Lipinski definition) is 2. The first-order valence-corrected chi connectivity index (χ1v) is 5.90. The van der Waals surface area contributed by atoms with Crippen LogP contribution in [0.25, 0.3) is 0 Å². The molecular formula is C14H14FN3O. The summed E-state index contributed by atoms with van der Waals surface area (Å²) in [5.41, 5.74) is 7.04. The molecule has 0 unspecified atom stereocenters. The molecule has 1 aromatic heterocycles. The van der Waals surface area contributed by atoms with E-state index < -0.39 is 5.82 Å². The van der Waals surface area contributed by atoms with Gasteiger partial charge in [-0.25, -0.2) is 4.39 Å². The molecule has 0 aliphatic rings. The van der Waals surface area contributed by atoms with Gasteiger partial charge in [0.15, 0.2) is 5.82 Å². The van der Waals surface area contributed by atoms with E-state index in [4.69, 9.17) is 5.73 Å². The first-order chi connectivity index (χ1) is 9.20. The lowest BCUT2D eigenvalue weighted by atomic mass is 10.1. The molecule has 0 aliphatic carbocycles. The van der Waals surface area contributed by atoms with Crippen LogP contribution >= 0.6 is 0 Å². The smallest absolute Gasteiger partial charge is 0.255 e. The fourth-order valence-corrected chi connectivity index (χ4v) is 1.71. The maximum Gasteiger partial charge on any atom is 0.255 e. The van der Waals surface area contributed by atoms with E-state index in [9.17, 15) is 9.18 Å². The van der Waals surface area contributed by atoms with Gasteiger partial charge in [-0.2, -0.15) is 0 Å². The van der Waals surface area contributed by atoms with Crippen LogP contribution in [-0.4, -0.2) is 17.4 Å². The SMILES string of the molecule is NCCc1cccc(C(=O)Nc2ccncc2F)c1. The number of nitrogens with zero attached hydrogens (tertiary/aromatic N) is 1. The van der Waals surface area contributed by atoms with Crippen molar-refractivity contribution in [1.82, 2.24) is 4.98 Å². The zero-order chi connectivity index (χ0) is 13.7. The van der Waals surface area contributed by atoms with Crippen molar-refractivity contribution < 1.29 is 9.18 Å². The van der Waals surface area contributed by atoms with E-state index in [1.54, 1.807) is 18.2 Å². The number of pyridine rings is 1. The van der Waals surface area contributed by atoms with Gasteiger partial charge in [0, 0.05) is 11.8 Å². The zero-order valence-electron chi connectivity index (χ0n) is 10.3. The third-order valence-electron chi connectivity index (χ3n) is 2.64. The summed E-state index contributed by atoms with van der Waals surface area (Å²) in [5.74, 6) is -0.919. The van der Waals surface area contributed by atoms with Gasteiger partial charge in [-0.05, 0) is 36.7 Å². The maximum atomic E-state index is 13.4. The van der Waals surface area contributed by atoms with E-state index >= 15 is 0 Å². The highest BCUT2D eigenvalue weighted by Gasteiger charge is 2.09. The number of benzene rings is 1. The first kappa shape index (κ1) is 13.2. The third-order valence-corrected chi connectivity index (χ3v) is 2.64. The number of anilines is 1. The molecule has 1 aromatic carbocycles. The van der Waals surface area contributed by atoms with Crippen molar-refractivity contribution in [3.63, 3.8) is 0 Å². The minimum absolute atomic E-state index is 0.115. The number of carbonyl (C=O) groups is 1. The summed E-state index contributed by atoms with van der Waals surface area (Å²) in [4.78, 5) is 15.6. The topological polar surface area (TPSA) is 68.0 Å². The van der Waals surface area contributed by atoms with Crippen LogP contribution in [0.15, 0.2) is 42.7 Å². The highest BCUT2D eigenvalue weighted by molar-refractivity contribution is 6.04. The molecule has 4 nitrogen and oxygen atoms in total.